The average Bonchev–Trinajstić information content (AvgIpc) is 3.20. The molecule has 1 unspecified atom stereocenters. The molecule has 0 spiro atoms. The topological polar surface area (TPSA) is 68.8 Å². The molecule has 0 saturated carbocycles. The molecule has 0 radical (unpaired) electrons. The lowest BCUT2D eigenvalue weighted by Crippen LogP contribution is -2.45. The summed E-state index contributed by atoms with van der Waals surface area (Å²) in [5.74, 6) is -0.606. The third kappa shape index (κ3) is 5.92. The maximum absolute atomic E-state index is 14.0. The highest BCUT2D eigenvalue weighted by atomic mass is 19.1. The van der Waals surface area contributed by atoms with Crippen LogP contribution in [-0.2, 0) is 0 Å². The number of benzene rings is 2. The third-order valence-electron chi connectivity index (χ3n) is 4.83. The standard InChI is InChI=1S/C22H27F2N5O/c1-2-25-22(27-12-11-26-21(30)16-6-4-3-5-7-16)28-18-10-13-29(15-18)20-9-8-17(23)14-19(20)24/h3-9,14,18H,2,10-13,15H2,1H3,(H,26,30)(H2,25,27,28). The van der Waals surface area contributed by atoms with Crippen LogP contribution in [0.3, 0.4) is 0 Å². The van der Waals surface area contributed by atoms with Crippen molar-refractivity contribution in [2.75, 3.05) is 37.6 Å². The first-order chi connectivity index (χ1) is 14.6. The van der Waals surface area contributed by atoms with Crippen LogP contribution in [-0.4, -0.2) is 50.6 Å². The summed E-state index contributed by atoms with van der Waals surface area (Å²) < 4.78 is 27.2. The van der Waals surface area contributed by atoms with E-state index in [1.165, 1.54) is 12.1 Å². The Balaban J connectivity index is 1.49. The van der Waals surface area contributed by atoms with Gasteiger partial charge in [-0.25, -0.2) is 8.78 Å². The molecule has 0 bridgehead atoms. The lowest BCUT2D eigenvalue weighted by molar-refractivity contribution is 0.0955. The van der Waals surface area contributed by atoms with Gasteiger partial charge in [0.05, 0.1) is 12.2 Å². The molecule has 6 nitrogen and oxygen atoms in total. The molecule has 30 heavy (non-hydrogen) atoms. The molecule has 0 aliphatic carbocycles. The molecule has 1 fully saturated rings. The summed E-state index contributed by atoms with van der Waals surface area (Å²) >= 11 is 0. The first kappa shape index (κ1) is 21.5. The average molecular weight is 415 g/mol. The van der Waals surface area contributed by atoms with E-state index in [4.69, 9.17) is 0 Å². The fourth-order valence-electron chi connectivity index (χ4n) is 3.38. The first-order valence-electron chi connectivity index (χ1n) is 10.1. The number of halogens is 2. The molecule has 3 N–H and O–H groups in total. The maximum atomic E-state index is 14.0. The zero-order valence-corrected chi connectivity index (χ0v) is 17.0. The quantitative estimate of drug-likeness (QED) is 0.369. The second-order valence-electron chi connectivity index (χ2n) is 7.05. The van der Waals surface area contributed by atoms with Crippen molar-refractivity contribution in [3.05, 3.63) is 65.7 Å². The number of guanidine groups is 1. The molecule has 0 aromatic heterocycles. The molecule has 1 amide bonds. The Morgan fingerprint density at radius 1 is 1.17 bits per heavy atom. The van der Waals surface area contributed by atoms with Crippen LogP contribution < -0.4 is 20.9 Å². The van der Waals surface area contributed by atoms with Crippen LogP contribution in [0.15, 0.2) is 53.5 Å². The van der Waals surface area contributed by atoms with E-state index in [0.717, 1.165) is 12.5 Å². The van der Waals surface area contributed by atoms with Crippen molar-refractivity contribution in [2.24, 2.45) is 4.99 Å². The molecular formula is C22H27F2N5O. The van der Waals surface area contributed by atoms with Gasteiger partial charge in [0.1, 0.15) is 11.6 Å². The summed E-state index contributed by atoms with van der Waals surface area (Å²) in [6, 6.07) is 12.8. The molecule has 3 rings (SSSR count). The number of rotatable bonds is 7. The highest BCUT2D eigenvalue weighted by Gasteiger charge is 2.25. The van der Waals surface area contributed by atoms with Gasteiger partial charge in [-0.2, -0.15) is 0 Å². The van der Waals surface area contributed by atoms with E-state index < -0.39 is 11.6 Å². The number of amides is 1. The van der Waals surface area contributed by atoms with Crippen LogP contribution in [0.2, 0.25) is 0 Å². The van der Waals surface area contributed by atoms with E-state index >= 15 is 0 Å². The van der Waals surface area contributed by atoms with Gasteiger partial charge in [0.2, 0.25) is 0 Å². The minimum absolute atomic E-state index is 0.0890. The largest absolute Gasteiger partial charge is 0.367 e. The molecule has 1 aliphatic rings. The number of aliphatic imine (C=N–C) groups is 1. The van der Waals surface area contributed by atoms with Gasteiger partial charge in [-0.3, -0.25) is 9.79 Å². The number of nitrogens with one attached hydrogen (secondary N) is 3. The minimum Gasteiger partial charge on any atom is -0.367 e. The highest BCUT2D eigenvalue weighted by molar-refractivity contribution is 5.94. The molecule has 160 valence electrons. The molecule has 8 heteroatoms. The number of anilines is 1. The van der Waals surface area contributed by atoms with Crippen molar-refractivity contribution in [3.63, 3.8) is 0 Å². The van der Waals surface area contributed by atoms with Crippen molar-refractivity contribution < 1.29 is 13.6 Å². The number of carbonyl (C=O) groups is 1. The number of hydrogen-bond acceptors (Lipinski definition) is 3. The van der Waals surface area contributed by atoms with E-state index in [-0.39, 0.29) is 11.9 Å². The van der Waals surface area contributed by atoms with Crippen molar-refractivity contribution in [2.45, 2.75) is 19.4 Å². The van der Waals surface area contributed by atoms with Crippen LogP contribution in [0.25, 0.3) is 0 Å². The lowest BCUT2D eigenvalue weighted by Gasteiger charge is -2.21. The predicted octanol–water partition coefficient (Wildman–Crippen LogP) is 2.53. The molecule has 1 heterocycles. The zero-order valence-electron chi connectivity index (χ0n) is 17.0. The SMILES string of the molecule is CCNC(=NCCNC(=O)c1ccccc1)NC1CCN(c2ccc(F)cc2F)C1. The van der Waals surface area contributed by atoms with Crippen molar-refractivity contribution in [3.8, 4) is 0 Å². The fraction of sp³-hybridized carbons (Fsp3) is 0.364. The van der Waals surface area contributed by atoms with Gasteiger partial charge in [0.15, 0.2) is 5.96 Å². The van der Waals surface area contributed by atoms with Crippen LogP contribution >= 0.6 is 0 Å². The molecule has 2 aromatic carbocycles. The Bertz CT molecular complexity index is 875. The Morgan fingerprint density at radius 2 is 1.97 bits per heavy atom. The summed E-state index contributed by atoms with van der Waals surface area (Å²) in [6.07, 6.45) is 0.811. The minimum atomic E-state index is -0.578. The van der Waals surface area contributed by atoms with Gasteiger partial charge in [0.25, 0.3) is 5.91 Å². The smallest absolute Gasteiger partial charge is 0.251 e. The second-order valence-corrected chi connectivity index (χ2v) is 7.05. The van der Waals surface area contributed by atoms with Crippen molar-refractivity contribution >= 4 is 17.6 Å². The van der Waals surface area contributed by atoms with E-state index in [1.807, 2.05) is 30.0 Å². The summed E-state index contributed by atoms with van der Waals surface area (Å²) in [4.78, 5) is 18.5. The summed E-state index contributed by atoms with van der Waals surface area (Å²) in [7, 11) is 0. The van der Waals surface area contributed by atoms with Gasteiger partial charge in [-0.05, 0) is 37.6 Å². The molecule has 1 atom stereocenters. The van der Waals surface area contributed by atoms with Gasteiger partial charge in [-0.15, -0.1) is 0 Å². The molecule has 1 aliphatic heterocycles. The normalized spacial score (nSPS) is 16.4. The highest BCUT2D eigenvalue weighted by Crippen LogP contribution is 2.24. The number of hydrogen-bond donors (Lipinski definition) is 3. The second kappa shape index (κ2) is 10.6. The van der Waals surface area contributed by atoms with E-state index in [2.05, 4.69) is 20.9 Å². The summed E-state index contributed by atoms with van der Waals surface area (Å²) in [6.45, 7) is 4.79. The van der Waals surface area contributed by atoms with E-state index in [9.17, 15) is 13.6 Å². The number of carbonyl (C=O) groups excluding carboxylic acids is 1. The molecule has 2 aromatic rings. The van der Waals surface area contributed by atoms with Crippen molar-refractivity contribution in [1.29, 1.82) is 0 Å². The van der Waals surface area contributed by atoms with Gasteiger partial charge in [-0.1, -0.05) is 18.2 Å². The third-order valence-corrected chi connectivity index (χ3v) is 4.83. The maximum Gasteiger partial charge on any atom is 0.251 e. The van der Waals surface area contributed by atoms with Crippen molar-refractivity contribution in [1.82, 2.24) is 16.0 Å². The van der Waals surface area contributed by atoms with Crippen LogP contribution in [0.5, 0.6) is 0 Å². The number of nitrogens with zero attached hydrogens (tertiary/aromatic N) is 2. The summed E-state index contributed by atoms with van der Waals surface area (Å²) in [5, 5.41) is 9.39. The van der Waals surface area contributed by atoms with Gasteiger partial charge < -0.3 is 20.9 Å². The lowest BCUT2D eigenvalue weighted by atomic mass is 10.2. The molecule has 1 saturated heterocycles. The Hall–Kier alpha value is -3.16. The summed E-state index contributed by atoms with van der Waals surface area (Å²) in [5.41, 5.74) is 1.02. The van der Waals surface area contributed by atoms with Crippen LogP contribution in [0.4, 0.5) is 14.5 Å². The zero-order chi connectivity index (χ0) is 21.3. The van der Waals surface area contributed by atoms with Gasteiger partial charge in [0, 0.05) is 43.9 Å². The van der Waals surface area contributed by atoms with E-state index in [1.54, 1.807) is 12.1 Å². The Kier molecular flexibility index (Phi) is 7.59. The van der Waals surface area contributed by atoms with Gasteiger partial charge >= 0.3 is 0 Å². The van der Waals surface area contributed by atoms with E-state index in [0.29, 0.717) is 49.9 Å². The first-order valence-corrected chi connectivity index (χ1v) is 10.1. The Morgan fingerprint density at radius 3 is 2.70 bits per heavy atom. The Labute approximate surface area is 175 Å². The molecular weight excluding hydrogens is 388 g/mol. The monoisotopic (exact) mass is 415 g/mol. The fourth-order valence-corrected chi connectivity index (χ4v) is 3.38. The van der Waals surface area contributed by atoms with Crippen LogP contribution in [0, 0.1) is 11.6 Å². The van der Waals surface area contributed by atoms with Crippen LogP contribution in [0.1, 0.15) is 23.7 Å². The predicted molar refractivity (Wildman–Crippen MR) is 115 cm³/mol.